The maximum atomic E-state index is 10.6. The van der Waals surface area contributed by atoms with Crippen molar-refractivity contribution >= 4 is 16.1 Å². The van der Waals surface area contributed by atoms with Gasteiger partial charge in [0.05, 0.1) is 0 Å². The van der Waals surface area contributed by atoms with Gasteiger partial charge in [0, 0.05) is 6.92 Å². The second-order valence-corrected chi connectivity index (χ2v) is 4.42. The van der Waals surface area contributed by atoms with Crippen LogP contribution in [0.1, 0.15) is 6.92 Å². The summed E-state index contributed by atoms with van der Waals surface area (Å²) >= 11 is 0. The Labute approximate surface area is 98.9 Å². The van der Waals surface area contributed by atoms with Crippen LogP contribution < -0.4 is 9.47 Å². The summed E-state index contributed by atoms with van der Waals surface area (Å²) < 4.78 is 38.9. The third-order valence-electron chi connectivity index (χ3n) is 1.61. The molecular weight excluding hydrogens is 248 g/mol. The molecule has 1 aromatic rings. The summed E-state index contributed by atoms with van der Waals surface area (Å²) in [6.45, 7) is 1.01. The number of carbonyl (C=O) groups excluding carboxylic acids is 1. The van der Waals surface area contributed by atoms with E-state index in [1.165, 1.54) is 31.2 Å². The highest BCUT2D eigenvalue weighted by Gasteiger charge is 2.05. The highest BCUT2D eigenvalue weighted by atomic mass is 32.2. The first kappa shape index (κ1) is 13.5. The molecule has 0 atom stereocenters. The molecule has 0 aromatic heterocycles. The van der Waals surface area contributed by atoms with Gasteiger partial charge in [-0.1, -0.05) is 0 Å². The fourth-order valence-corrected chi connectivity index (χ4v) is 1.23. The Bertz CT molecular complexity index is 476. The van der Waals surface area contributed by atoms with Gasteiger partial charge in [0.15, 0.2) is 0 Å². The molecule has 1 N–H and O–H groups in total. The normalized spacial score (nSPS) is 10.9. The summed E-state index contributed by atoms with van der Waals surface area (Å²) in [4.78, 5) is 10.6. The third kappa shape index (κ3) is 5.88. The number of hydrogen-bond acceptors (Lipinski definition) is 5. The van der Waals surface area contributed by atoms with Crippen LogP contribution in [0.3, 0.4) is 0 Å². The lowest BCUT2D eigenvalue weighted by atomic mass is 10.3. The molecule has 0 fully saturated rings. The number of esters is 1. The van der Waals surface area contributed by atoms with Crippen molar-refractivity contribution in [2.45, 2.75) is 6.92 Å². The van der Waals surface area contributed by atoms with Crippen molar-refractivity contribution in [1.29, 1.82) is 0 Å². The van der Waals surface area contributed by atoms with E-state index in [0.717, 1.165) is 0 Å². The first-order valence-corrected chi connectivity index (χ1v) is 6.09. The topological polar surface area (TPSA) is 89.9 Å². The average Bonchev–Trinajstić information content (AvgIpc) is 2.18. The molecule has 1 radical (unpaired) electrons. The summed E-state index contributed by atoms with van der Waals surface area (Å²) in [5.41, 5.74) is 0. The van der Waals surface area contributed by atoms with Gasteiger partial charge in [0.1, 0.15) is 23.9 Å². The zero-order chi connectivity index (χ0) is 12.9. The fraction of sp³-hybridized carbons (Fsp3) is 0.200. The summed E-state index contributed by atoms with van der Waals surface area (Å²) in [6.07, 6.45) is 0. The van der Waals surface area contributed by atoms with Crippen LogP contribution in [0, 0.1) is 5.75 Å². The van der Waals surface area contributed by atoms with E-state index < -0.39 is 16.1 Å². The van der Waals surface area contributed by atoms with Gasteiger partial charge in [0.2, 0.25) is 0 Å². The number of benzene rings is 1. The zero-order valence-corrected chi connectivity index (χ0v) is 9.81. The summed E-state index contributed by atoms with van der Waals surface area (Å²) in [7, 11) is -4.14. The molecule has 0 bridgehead atoms. The van der Waals surface area contributed by atoms with E-state index in [4.69, 9.17) is 14.0 Å². The van der Waals surface area contributed by atoms with Crippen LogP contribution in [0.15, 0.2) is 24.3 Å². The lowest BCUT2D eigenvalue weighted by molar-refractivity contribution is -0.131. The van der Waals surface area contributed by atoms with E-state index in [9.17, 15) is 13.2 Å². The van der Waals surface area contributed by atoms with Crippen molar-refractivity contribution in [2.24, 2.45) is 0 Å². The lowest BCUT2D eigenvalue weighted by Gasteiger charge is -2.05. The molecule has 0 aliphatic rings. The lowest BCUT2D eigenvalue weighted by Crippen LogP contribution is -2.06. The Morgan fingerprint density at radius 2 is 1.82 bits per heavy atom. The Morgan fingerprint density at radius 3 is 2.29 bits per heavy atom. The van der Waals surface area contributed by atoms with Crippen molar-refractivity contribution < 1.29 is 27.2 Å². The van der Waals surface area contributed by atoms with Gasteiger partial charge in [-0.25, -0.2) is 0 Å². The van der Waals surface area contributed by atoms with Crippen LogP contribution >= 0.6 is 0 Å². The minimum atomic E-state index is -4.14. The highest BCUT2D eigenvalue weighted by Crippen LogP contribution is 2.17. The second kappa shape index (κ2) is 5.65. The Hall–Kier alpha value is -1.60. The molecule has 0 saturated carbocycles. The predicted molar refractivity (Wildman–Crippen MR) is 59.1 cm³/mol. The van der Waals surface area contributed by atoms with Crippen molar-refractivity contribution in [2.75, 3.05) is 6.61 Å². The van der Waals surface area contributed by atoms with Crippen LogP contribution in [0.5, 0.6) is 11.5 Å². The smallest absolute Gasteiger partial charge is 0.308 e. The van der Waals surface area contributed by atoms with Gasteiger partial charge in [-0.15, -0.1) is 0 Å². The first-order chi connectivity index (χ1) is 7.87. The third-order valence-corrected chi connectivity index (χ3v) is 2.17. The largest absolute Gasteiger partial charge is 0.492 e. The highest BCUT2D eigenvalue weighted by molar-refractivity contribution is 7.87. The number of ether oxygens (including phenoxy) is 2. The molecule has 0 amide bonds. The standard InChI is InChI=1S/C10H11O6S/c1-8(11)16-10-4-2-9(3-5-10)15-6-7-17(12,13)14/h2-5,7H,6H2,1H3,(H,12,13,14). The van der Waals surface area contributed by atoms with E-state index in [0.29, 0.717) is 17.3 Å². The zero-order valence-electron chi connectivity index (χ0n) is 8.99. The van der Waals surface area contributed by atoms with E-state index in [2.05, 4.69) is 0 Å². The van der Waals surface area contributed by atoms with Gasteiger partial charge >= 0.3 is 5.97 Å². The fourth-order valence-electron chi connectivity index (χ4n) is 0.986. The molecule has 7 heteroatoms. The summed E-state index contributed by atoms with van der Waals surface area (Å²) in [5.74, 6) is 0.954. The van der Waals surface area contributed by atoms with Gasteiger partial charge < -0.3 is 9.47 Å². The average molecular weight is 259 g/mol. The van der Waals surface area contributed by atoms with Crippen LogP contribution in [0.4, 0.5) is 0 Å². The molecule has 0 heterocycles. The van der Waals surface area contributed by atoms with Gasteiger partial charge in [-0.3, -0.25) is 9.35 Å². The SMILES string of the molecule is CC(=O)Oc1ccc(OC[CH]S(=O)(=O)O)cc1. The molecule has 93 valence electrons. The summed E-state index contributed by atoms with van der Waals surface area (Å²) in [6, 6.07) is 6.03. The van der Waals surface area contributed by atoms with Crippen molar-refractivity contribution in [1.82, 2.24) is 0 Å². The van der Waals surface area contributed by atoms with E-state index >= 15 is 0 Å². The van der Waals surface area contributed by atoms with Crippen LogP contribution in [-0.2, 0) is 14.9 Å². The van der Waals surface area contributed by atoms with Gasteiger partial charge in [-0.05, 0) is 24.3 Å². The Balaban J connectivity index is 2.48. The minimum Gasteiger partial charge on any atom is -0.492 e. The molecular formula is C10H11O6S. The van der Waals surface area contributed by atoms with Crippen molar-refractivity contribution in [3.63, 3.8) is 0 Å². The van der Waals surface area contributed by atoms with Crippen LogP contribution in [0.2, 0.25) is 0 Å². The van der Waals surface area contributed by atoms with Gasteiger partial charge in [0.25, 0.3) is 10.1 Å². The number of rotatable bonds is 5. The van der Waals surface area contributed by atoms with Crippen LogP contribution in [0.25, 0.3) is 0 Å². The van der Waals surface area contributed by atoms with E-state index in [1.54, 1.807) is 0 Å². The van der Waals surface area contributed by atoms with Crippen molar-refractivity contribution in [3.8, 4) is 11.5 Å². The Morgan fingerprint density at radius 1 is 1.29 bits per heavy atom. The molecule has 0 spiro atoms. The monoisotopic (exact) mass is 259 g/mol. The predicted octanol–water partition coefficient (Wildman–Crippen LogP) is 1.04. The van der Waals surface area contributed by atoms with Crippen molar-refractivity contribution in [3.05, 3.63) is 30.0 Å². The molecule has 1 aromatic carbocycles. The second-order valence-electron chi connectivity index (χ2n) is 3.06. The summed E-state index contributed by atoms with van der Waals surface area (Å²) in [5, 5.41) is 0. The van der Waals surface area contributed by atoms with E-state index in [-0.39, 0.29) is 6.61 Å². The molecule has 0 aliphatic carbocycles. The first-order valence-electron chi connectivity index (χ1n) is 4.59. The Kier molecular flexibility index (Phi) is 4.47. The quantitative estimate of drug-likeness (QED) is 0.482. The molecule has 17 heavy (non-hydrogen) atoms. The van der Waals surface area contributed by atoms with Gasteiger partial charge in [-0.2, -0.15) is 8.42 Å². The molecule has 1 rings (SSSR count). The molecule has 6 nitrogen and oxygen atoms in total. The minimum absolute atomic E-state index is 0.272. The number of carbonyl (C=O) groups is 1. The van der Waals surface area contributed by atoms with E-state index in [1.807, 2.05) is 0 Å². The molecule has 0 aliphatic heterocycles. The molecule has 0 unspecified atom stereocenters. The molecule has 0 saturated heterocycles. The maximum absolute atomic E-state index is 10.6. The van der Waals surface area contributed by atoms with Crippen LogP contribution in [-0.4, -0.2) is 25.5 Å². The maximum Gasteiger partial charge on any atom is 0.308 e. The number of hydrogen-bond donors (Lipinski definition) is 1.